The Morgan fingerprint density at radius 1 is 0.733 bits per heavy atom. The highest BCUT2D eigenvalue weighted by Gasteiger charge is 2.33. The van der Waals surface area contributed by atoms with Crippen molar-refractivity contribution in [3.8, 4) is 0 Å². The predicted octanol–water partition coefficient (Wildman–Crippen LogP) is 8.63. The molecule has 2 aromatic rings. The molecule has 162 valence electrons. The maximum Gasteiger partial charge on any atom is -0.00229 e. The summed E-state index contributed by atoms with van der Waals surface area (Å²) < 4.78 is 0. The Morgan fingerprint density at radius 3 is 2.13 bits per heavy atom. The molecule has 3 atom stereocenters. The minimum Gasteiger partial charge on any atom is -0.0625 e. The van der Waals surface area contributed by atoms with Crippen molar-refractivity contribution in [1.82, 2.24) is 0 Å². The lowest BCUT2D eigenvalue weighted by molar-refractivity contribution is 0.178. The molecule has 0 bridgehead atoms. The van der Waals surface area contributed by atoms with Crippen molar-refractivity contribution in [3.05, 3.63) is 70.3 Å². The van der Waals surface area contributed by atoms with Crippen LogP contribution in [0, 0.1) is 37.5 Å². The van der Waals surface area contributed by atoms with E-state index in [9.17, 15) is 0 Å². The fourth-order valence-corrected chi connectivity index (χ4v) is 6.25. The SMILES string of the molecule is Cc1ccc(Cc2ccc(C)cc2C2CC(C)CCC2CC2CCC(C)CC2)cc1. The molecular formula is C30H42. The van der Waals surface area contributed by atoms with E-state index in [2.05, 4.69) is 70.2 Å². The zero-order chi connectivity index (χ0) is 21.1. The van der Waals surface area contributed by atoms with Gasteiger partial charge in [0.25, 0.3) is 0 Å². The highest BCUT2D eigenvalue weighted by atomic mass is 14.4. The van der Waals surface area contributed by atoms with Crippen LogP contribution in [0.25, 0.3) is 0 Å². The third-order valence-electron chi connectivity index (χ3n) is 8.24. The first-order valence-electron chi connectivity index (χ1n) is 12.6. The van der Waals surface area contributed by atoms with Gasteiger partial charge in [0.1, 0.15) is 0 Å². The van der Waals surface area contributed by atoms with Gasteiger partial charge in [-0.05, 0) is 85.8 Å². The summed E-state index contributed by atoms with van der Waals surface area (Å²) >= 11 is 0. The Hall–Kier alpha value is -1.56. The molecule has 0 radical (unpaired) electrons. The van der Waals surface area contributed by atoms with Crippen molar-refractivity contribution in [2.45, 2.75) is 91.4 Å². The van der Waals surface area contributed by atoms with E-state index in [1.807, 2.05) is 0 Å². The molecule has 2 fully saturated rings. The van der Waals surface area contributed by atoms with Gasteiger partial charge in [-0.1, -0.05) is 99.5 Å². The second-order valence-electron chi connectivity index (χ2n) is 11.0. The van der Waals surface area contributed by atoms with E-state index in [4.69, 9.17) is 0 Å². The van der Waals surface area contributed by atoms with Crippen molar-refractivity contribution < 1.29 is 0 Å². The Kier molecular flexibility index (Phi) is 7.01. The van der Waals surface area contributed by atoms with Crippen molar-refractivity contribution in [2.24, 2.45) is 23.7 Å². The molecule has 2 aromatic carbocycles. The van der Waals surface area contributed by atoms with Crippen molar-refractivity contribution >= 4 is 0 Å². The molecule has 0 nitrogen and oxygen atoms in total. The maximum atomic E-state index is 2.54. The first-order chi connectivity index (χ1) is 14.5. The maximum absolute atomic E-state index is 2.54. The standard InChI is InChI=1S/C30H42/c1-21-5-11-25(12-6-21)19-27-15-9-23(3)17-29(27)30-18-24(4)10-16-28(30)20-26-13-7-22(2)8-14-26/h5-6,9,11-12,15,17,22,24,26,28,30H,7-8,10,13-14,16,18-20H2,1-4H3. The predicted molar refractivity (Wildman–Crippen MR) is 130 cm³/mol. The molecule has 4 rings (SSSR count). The van der Waals surface area contributed by atoms with Gasteiger partial charge in [-0.15, -0.1) is 0 Å². The number of benzene rings is 2. The quantitative estimate of drug-likeness (QED) is 0.469. The number of rotatable bonds is 5. The zero-order valence-electron chi connectivity index (χ0n) is 19.8. The number of hydrogen-bond acceptors (Lipinski definition) is 0. The molecular weight excluding hydrogens is 360 g/mol. The van der Waals surface area contributed by atoms with Crippen LogP contribution in [0.1, 0.15) is 98.9 Å². The smallest absolute Gasteiger partial charge is 0.00229 e. The molecule has 0 N–H and O–H groups in total. The first-order valence-corrected chi connectivity index (χ1v) is 12.6. The topological polar surface area (TPSA) is 0 Å². The van der Waals surface area contributed by atoms with Crippen LogP contribution in [0.2, 0.25) is 0 Å². The molecule has 0 saturated heterocycles. The lowest BCUT2D eigenvalue weighted by Gasteiger charge is -2.39. The van der Waals surface area contributed by atoms with Crippen LogP contribution in [0.15, 0.2) is 42.5 Å². The van der Waals surface area contributed by atoms with Crippen molar-refractivity contribution in [2.75, 3.05) is 0 Å². The third kappa shape index (κ3) is 5.37. The van der Waals surface area contributed by atoms with E-state index in [-0.39, 0.29) is 0 Å². The van der Waals surface area contributed by atoms with Crippen LogP contribution in [-0.4, -0.2) is 0 Å². The molecule has 2 saturated carbocycles. The Labute approximate surface area is 185 Å². The highest BCUT2D eigenvalue weighted by molar-refractivity contribution is 5.39. The summed E-state index contributed by atoms with van der Waals surface area (Å²) in [5.41, 5.74) is 7.49. The fourth-order valence-electron chi connectivity index (χ4n) is 6.25. The summed E-state index contributed by atoms with van der Waals surface area (Å²) in [5.74, 6) is 4.45. The van der Waals surface area contributed by atoms with Gasteiger partial charge in [0.15, 0.2) is 0 Å². The van der Waals surface area contributed by atoms with E-state index in [0.29, 0.717) is 0 Å². The molecule has 0 amide bonds. The van der Waals surface area contributed by atoms with Gasteiger partial charge in [-0.25, -0.2) is 0 Å². The first kappa shape index (κ1) is 21.7. The van der Waals surface area contributed by atoms with Crippen LogP contribution in [-0.2, 0) is 6.42 Å². The third-order valence-corrected chi connectivity index (χ3v) is 8.24. The Balaban J connectivity index is 1.58. The van der Waals surface area contributed by atoms with E-state index >= 15 is 0 Å². The number of hydrogen-bond donors (Lipinski definition) is 0. The van der Waals surface area contributed by atoms with Gasteiger partial charge < -0.3 is 0 Å². The van der Waals surface area contributed by atoms with Gasteiger partial charge in [0.05, 0.1) is 0 Å². The molecule has 30 heavy (non-hydrogen) atoms. The van der Waals surface area contributed by atoms with Crippen molar-refractivity contribution in [3.63, 3.8) is 0 Å². The van der Waals surface area contributed by atoms with E-state index in [1.165, 1.54) is 68.1 Å². The second kappa shape index (κ2) is 9.71. The van der Waals surface area contributed by atoms with Gasteiger partial charge >= 0.3 is 0 Å². The van der Waals surface area contributed by atoms with E-state index < -0.39 is 0 Å². The molecule has 0 heteroatoms. The molecule has 3 unspecified atom stereocenters. The van der Waals surface area contributed by atoms with Gasteiger partial charge in [-0.2, -0.15) is 0 Å². The second-order valence-corrected chi connectivity index (χ2v) is 11.0. The fraction of sp³-hybridized carbons (Fsp3) is 0.600. The lowest BCUT2D eigenvalue weighted by Crippen LogP contribution is -2.26. The highest BCUT2D eigenvalue weighted by Crippen LogP contribution is 2.46. The van der Waals surface area contributed by atoms with Gasteiger partial charge in [0.2, 0.25) is 0 Å². The molecule has 0 aromatic heterocycles. The number of aryl methyl sites for hydroxylation is 2. The summed E-state index contributed by atoms with van der Waals surface area (Å²) in [6, 6.07) is 16.5. The Morgan fingerprint density at radius 2 is 1.40 bits per heavy atom. The van der Waals surface area contributed by atoms with E-state index in [0.717, 1.165) is 36.0 Å². The van der Waals surface area contributed by atoms with Gasteiger partial charge in [0, 0.05) is 0 Å². The minimum atomic E-state index is 0.758. The van der Waals surface area contributed by atoms with Crippen LogP contribution >= 0.6 is 0 Å². The van der Waals surface area contributed by atoms with Gasteiger partial charge in [-0.3, -0.25) is 0 Å². The zero-order valence-corrected chi connectivity index (χ0v) is 19.8. The summed E-state index contributed by atoms with van der Waals surface area (Å²) in [4.78, 5) is 0. The largest absolute Gasteiger partial charge is 0.0625 e. The Bertz CT molecular complexity index is 806. The average Bonchev–Trinajstić information content (AvgIpc) is 2.74. The van der Waals surface area contributed by atoms with Crippen LogP contribution in [0.3, 0.4) is 0 Å². The molecule has 2 aliphatic rings. The van der Waals surface area contributed by atoms with Crippen LogP contribution in [0.5, 0.6) is 0 Å². The summed E-state index contributed by atoms with van der Waals surface area (Å²) in [7, 11) is 0. The van der Waals surface area contributed by atoms with E-state index in [1.54, 1.807) is 11.1 Å². The normalized spacial score (nSPS) is 29.7. The van der Waals surface area contributed by atoms with Crippen molar-refractivity contribution in [1.29, 1.82) is 0 Å². The molecule has 0 heterocycles. The van der Waals surface area contributed by atoms with Crippen LogP contribution in [0.4, 0.5) is 0 Å². The average molecular weight is 403 g/mol. The summed E-state index contributed by atoms with van der Waals surface area (Å²) in [6.45, 7) is 9.40. The molecule has 0 spiro atoms. The minimum absolute atomic E-state index is 0.758. The molecule has 0 aliphatic heterocycles. The van der Waals surface area contributed by atoms with Crippen LogP contribution < -0.4 is 0 Å². The monoisotopic (exact) mass is 402 g/mol. The lowest BCUT2D eigenvalue weighted by atomic mass is 9.66. The summed E-state index contributed by atoms with van der Waals surface area (Å²) in [5, 5.41) is 0. The molecule has 2 aliphatic carbocycles. The summed E-state index contributed by atoms with van der Waals surface area (Å²) in [6.07, 6.45) is 12.7.